The van der Waals surface area contributed by atoms with Gasteiger partial charge in [-0.3, -0.25) is 4.79 Å². The zero-order chi connectivity index (χ0) is 13.1. The van der Waals surface area contributed by atoms with E-state index in [1.807, 2.05) is 6.92 Å². The number of aromatic amines is 1. The van der Waals surface area contributed by atoms with Crippen LogP contribution in [0.1, 0.15) is 10.6 Å². The summed E-state index contributed by atoms with van der Waals surface area (Å²) >= 11 is 6.40. The maximum Gasteiger partial charge on any atom is 0.229 e. The highest BCUT2D eigenvalue weighted by molar-refractivity contribution is 7.73. The molecule has 0 atom stereocenters. The van der Waals surface area contributed by atoms with E-state index in [2.05, 4.69) is 10.3 Å². The number of carbonyl (C=O) groups is 1. The summed E-state index contributed by atoms with van der Waals surface area (Å²) in [5.41, 5.74) is 1.50. The van der Waals surface area contributed by atoms with Crippen molar-refractivity contribution in [2.24, 2.45) is 0 Å². The number of thiazole rings is 1. The molecule has 1 heterocycles. The van der Waals surface area contributed by atoms with Gasteiger partial charge >= 0.3 is 0 Å². The number of carbonyl (C=O) groups excluding carboxylic acids is 1. The number of amides is 1. The molecule has 1 aromatic carbocycles. The Kier molecular flexibility index (Phi) is 3.88. The average Bonchev–Trinajstić information content (AvgIpc) is 2.61. The fraction of sp³-hybridized carbons (Fsp3) is 0.167. The third-order valence-corrected chi connectivity index (χ3v) is 3.71. The zero-order valence-electron chi connectivity index (χ0n) is 9.62. The number of hydrogen-bond acceptors (Lipinski definition) is 3. The second-order valence-corrected chi connectivity index (χ2v) is 5.57. The standard InChI is InChI=1S/C12H11FN2OS2/c1-7-10(18-12(17)14-7)6-11(16)15-9-4-2-8(13)3-5-9/h2-5H,6H2,1H3,(H,14,17)(H,15,16). The van der Waals surface area contributed by atoms with Gasteiger partial charge in [-0.1, -0.05) is 0 Å². The van der Waals surface area contributed by atoms with E-state index < -0.39 is 0 Å². The maximum absolute atomic E-state index is 12.7. The van der Waals surface area contributed by atoms with E-state index in [0.717, 1.165) is 10.6 Å². The quantitative estimate of drug-likeness (QED) is 0.847. The zero-order valence-corrected chi connectivity index (χ0v) is 11.3. The minimum Gasteiger partial charge on any atom is -0.341 e. The summed E-state index contributed by atoms with van der Waals surface area (Å²) in [5.74, 6) is -0.470. The van der Waals surface area contributed by atoms with Gasteiger partial charge in [0.05, 0.1) is 6.42 Å². The van der Waals surface area contributed by atoms with Crippen molar-refractivity contribution in [2.75, 3.05) is 5.32 Å². The molecule has 0 bridgehead atoms. The van der Waals surface area contributed by atoms with Gasteiger partial charge in [0.1, 0.15) is 5.82 Å². The van der Waals surface area contributed by atoms with E-state index in [0.29, 0.717) is 9.64 Å². The van der Waals surface area contributed by atoms with Crippen LogP contribution in [0.5, 0.6) is 0 Å². The summed E-state index contributed by atoms with van der Waals surface area (Å²) in [5, 5.41) is 2.71. The summed E-state index contributed by atoms with van der Waals surface area (Å²) in [7, 11) is 0. The molecule has 2 N–H and O–H groups in total. The van der Waals surface area contributed by atoms with E-state index in [9.17, 15) is 9.18 Å². The van der Waals surface area contributed by atoms with Crippen LogP contribution >= 0.6 is 23.6 Å². The van der Waals surface area contributed by atoms with Gasteiger partial charge in [-0.2, -0.15) is 0 Å². The Morgan fingerprint density at radius 3 is 2.67 bits per heavy atom. The number of halogens is 1. The number of hydrogen-bond donors (Lipinski definition) is 2. The number of aromatic nitrogens is 1. The molecule has 18 heavy (non-hydrogen) atoms. The molecule has 0 saturated carbocycles. The lowest BCUT2D eigenvalue weighted by Crippen LogP contribution is -2.14. The van der Waals surface area contributed by atoms with Crippen LogP contribution < -0.4 is 5.32 Å². The molecule has 0 aliphatic rings. The van der Waals surface area contributed by atoms with Gasteiger partial charge in [0.2, 0.25) is 5.91 Å². The van der Waals surface area contributed by atoms with E-state index in [1.54, 1.807) is 0 Å². The average molecular weight is 282 g/mol. The van der Waals surface area contributed by atoms with Crippen LogP contribution in [0.3, 0.4) is 0 Å². The smallest absolute Gasteiger partial charge is 0.229 e. The number of aryl methyl sites for hydroxylation is 1. The molecule has 0 spiro atoms. The molecule has 6 heteroatoms. The van der Waals surface area contributed by atoms with Crippen molar-refractivity contribution in [2.45, 2.75) is 13.3 Å². The van der Waals surface area contributed by atoms with E-state index in [4.69, 9.17) is 12.2 Å². The number of benzene rings is 1. The second-order valence-electron chi connectivity index (χ2n) is 3.79. The molecule has 0 aliphatic carbocycles. The van der Waals surface area contributed by atoms with E-state index >= 15 is 0 Å². The first-order valence-electron chi connectivity index (χ1n) is 5.28. The third kappa shape index (κ3) is 3.24. The Bertz CT molecular complexity index is 616. The SMILES string of the molecule is Cc1[nH]c(=S)sc1CC(=O)Nc1ccc(F)cc1. The van der Waals surface area contributed by atoms with Gasteiger partial charge in [0.25, 0.3) is 0 Å². The molecule has 0 unspecified atom stereocenters. The van der Waals surface area contributed by atoms with Crippen molar-refractivity contribution in [3.63, 3.8) is 0 Å². The van der Waals surface area contributed by atoms with E-state index in [-0.39, 0.29) is 18.1 Å². The van der Waals surface area contributed by atoms with Gasteiger partial charge in [0, 0.05) is 16.3 Å². The Morgan fingerprint density at radius 2 is 2.11 bits per heavy atom. The first-order chi connectivity index (χ1) is 8.54. The summed E-state index contributed by atoms with van der Waals surface area (Å²) in [4.78, 5) is 15.7. The minimum atomic E-state index is -0.326. The topological polar surface area (TPSA) is 44.9 Å². The van der Waals surface area contributed by atoms with E-state index in [1.165, 1.54) is 35.6 Å². The predicted octanol–water partition coefficient (Wildman–Crippen LogP) is 3.43. The Labute approximate surface area is 113 Å². The van der Waals surface area contributed by atoms with Gasteiger partial charge in [-0.25, -0.2) is 4.39 Å². The Morgan fingerprint density at radius 1 is 1.44 bits per heavy atom. The molecule has 2 rings (SSSR count). The molecule has 94 valence electrons. The van der Waals surface area contributed by atoms with Crippen LogP contribution in [0, 0.1) is 16.7 Å². The van der Waals surface area contributed by atoms with Gasteiger partial charge in [-0.05, 0) is 43.4 Å². The lowest BCUT2D eigenvalue weighted by atomic mass is 10.2. The molecular weight excluding hydrogens is 271 g/mol. The fourth-order valence-corrected chi connectivity index (χ4v) is 2.78. The van der Waals surface area contributed by atoms with Crippen molar-refractivity contribution in [1.29, 1.82) is 0 Å². The highest BCUT2D eigenvalue weighted by Crippen LogP contribution is 2.16. The molecule has 1 aromatic heterocycles. The first kappa shape index (κ1) is 12.9. The van der Waals surface area contributed by atoms with Crippen LogP contribution in [0.4, 0.5) is 10.1 Å². The fourth-order valence-electron chi connectivity index (χ4n) is 1.49. The number of nitrogens with one attached hydrogen (secondary N) is 2. The third-order valence-electron chi connectivity index (χ3n) is 2.37. The Balaban J connectivity index is 2.03. The normalized spacial score (nSPS) is 10.3. The Hall–Kier alpha value is -1.53. The van der Waals surface area contributed by atoms with Crippen molar-refractivity contribution in [1.82, 2.24) is 4.98 Å². The summed E-state index contributed by atoms with van der Waals surface area (Å²) in [6, 6.07) is 5.67. The van der Waals surface area contributed by atoms with Crippen molar-refractivity contribution < 1.29 is 9.18 Å². The molecule has 1 amide bonds. The second kappa shape index (κ2) is 5.41. The molecule has 3 nitrogen and oxygen atoms in total. The van der Waals surface area contributed by atoms with Crippen LogP contribution in [0.25, 0.3) is 0 Å². The number of rotatable bonds is 3. The van der Waals surface area contributed by atoms with Gasteiger partial charge < -0.3 is 10.3 Å². The predicted molar refractivity (Wildman–Crippen MR) is 73.0 cm³/mol. The molecule has 0 saturated heterocycles. The summed E-state index contributed by atoms with van der Waals surface area (Å²) in [6.07, 6.45) is 0.265. The van der Waals surface area contributed by atoms with Crippen molar-refractivity contribution in [3.05, 3.63) is 44.6 Å². The van der Waals surface area contributed by atoms with Crippen molar-refractivity contribution >= 4 is 35.1 Å². The largest absolute Gasteiger partial charge is 0.341 e. The monoisotopic (exact) mass is 282 g/mol. The highest BCUT2D eigenvalue weighted by Gasteiger charge is 2.08. The first-order valence-corrected chi connectivity index (χ1v) is 6.51. The van der Waals surface area contributed by atoms with Crippen LogP contribution in [-0.2, 0) is 11.2 Å². The maximum atomic E-state index is 12.7. The number of anilines is 1. The van der Waals surface area contributed by atoms with Crippen LogP contribution in [0.2, 0.25) is 0 Å². The lowest BCUT2D eigenvalue weighted by molar-refractivity contribution is -0.115. The molecule has 2 aromatic rings. The van der Waals surface area contributed by atoms with Crippen LogP contribution in [-0.4, -0.2) is 10.9 Å². The highest BCUT2D eigenvalue weighted by atomic mass is 32.1. The molecule has 0 radical (unpaired) electrons. The van der Waals surface area contributed by atoms with Gasteiger partial charge in [-0.15, -0.1) is 11.3 Å². The van der Waals surface area contributed by atoms with Crippen LogP contribution in [0.15, 0.2) is 24.3 Å². The molecule has 0 fully saturated rings. The molecule has 0 aliphatic heterocycles. The lowest BCUT2D eigenvalue weighted by Gasteiger charge is -2.04. The number of H-pyrrole nitrogens is 1. The summed E-state index contributed by atoms with van der Waals surface area (Å²) < 4.78 is 13.4. The minimum absolute atomic E-state index is 0.144. The van der Waals surface area contributed by atoms with Crippen molar-refractivity contribution in [3.8, 4) is 0 Å². The summed E-state index contributed by atoms with van der Waals surface area (Å²) in [6.45, 7) is 1.88. The van der Waals surface area contributed by atoms with Gasteiger partial charge in [0.15, 0.2) is 3.95 Å². The molecular formula is C12H11FN2OS2.